The minimum absolute atomic E-state index is 0.130. The van der Waals surface area contributed by atoms with Gasteiger partial charge >= 0.3 is 0 Å². The van der Waals surface area contributed by atoms with Crippen LogP contribution in [0.1, 0.15) is 12.5 Å². The molecule has 1 aromatic rings. The number of primary amides is 1. The Hall–Kier alpha value is -1.99. The molecule has 0 aromatic heterocycles. The molecule has 17 heavy (non-hydrogen) atoms. The molecular formula is C12H11ClN2O2. The number of amides is 1. The Morgan fingerprint density at radius 3 is 2.82 bits per heavy atom. The van der Waals surface area contributed by atoms with E-state index in [1.807, 2.05) is 6.92 Å². The Balaban J connectivity index is 3.14. The first-order valence-corrected chi connectivity index (χ1v) is 5.29. The zero-order valence-electron chi connectivity index (χ0n) is 9.24. The number of carbonyl (C=O) groups is 1. The molecule has 2 N–H and O–H groups in total. The number of nitriles is 1. The van der Waals surface area contributed by atoms with Gasteiger partial charge in [0.15, 0.2) is 0 Å². The normalized spacial score (nSPS) is 10.8. The third kappa shape index (κ3) is 3.82. The van der Waals surface area contributed by atoms with Crippen LogP contribution in [0.5, 0.6) is 5.75 Å². The SMILES string of the molecule is CCOc1cc(Cl)cc(/C=C(\C#N)C(N)=O)c1. The average molecular weight is 251 g/mol. The van der Waals surface area contributed by atoms with Crippen LogP contribution in [-0.4, -0.2) is 12.5 Å². The van der Waals surface area contributed by atoms with Crippen LogP contribution in [-0.2, 0) is 4.79 Å². The number of halogens is 1. The fraction of sp³-hybridized carbons (Fsp3) is 0.167. The zero-order valence-corrected chi connectivity index (χ0v) is 9.99. The Kier molecular flexibility index (Phi) is 4.56. The van der Waals surface area contributed by atoms with Crippen molar-refractivity contribution in [3.8, 4) is 11.8 Å². The van der Waals surface area contributed by atoms with Crippen LogP contribution in [0.15, 0.2) is 23.8 Å². The second-order valence-corrected chi connectivity index (χ2v) is 3.62. The number of hydrogen-bond acceptors (Lipinski definition) is 3. The number of carbonyl (C=O) groups excluding carboxylic acids is 1. The van der Waals surface area contributed by atoms with E-state index < -0.39 is 5.91 Å². The van der Waals surface area contributed by atoms with Crippen LogP contribution in [0, 0.1) is 11.3 Å². The van der Waals surface area contributed by atoms with Crippen molar-refractivity contribution in [1.29, 1.82) is 5.26 Å². The first-order valence-electron chi connectivity index (χ1n) is 4.91. The van der Waals surface area contributed by atoms with E-state index in [1.54, 1.807) is 24.3 Å². The lowest BCUT2D eigenvalue weighted by molar-refractivity contribution is -0.114. The molecular weight excluding hydrogens is 240 g/mol. The van der Waals surface area contributed by atoms with Crippen LogP contribution in [0.4, 0.5) is 0 Å². The van der Waals surface area contributed by atoms with Gasteiger partial charge in [0.25, 0.3) is 5.91 Å². The van der Waals surface area contributed by atoms with Crippen LogP contribution in [0.3, 0.4) is 0 Å². The second kappa shape index (κ2) is 5.92. The summed E-state index contributed by atoms with van der Waals surface area (Å²) in [7, 11) is 0. The highest BCUT2D eigenvalue weighted by Gasteiger charge is 2.05. The van der Waals surface area contributed by atoms with Gasteiger partial charge in [-0.15, -0.1) is 0 Å². The summed E-state index contributed by atoms with van der Waals surface area (Å²) < 4.78 is 5.29. The molecule has 0 aliphatic rings. The molecule has 0 spiro atoms. The first-order chi connectivity index (χ1) is 8.06. The molecule has 5 heteroatoms. The Morgan fingerprint density at radius 2 is 2.29 bits per heavy atom. The van der Waals surface area contributed by atoms with Crippen molar-refractivity contribution in [3.63, 3.8) is 0 Å². The Bertz CT molecular complexity index is 504. The van der Waals surface area contributed by atoms with Crippen molar-refractivity contribution in [2.75, 3.05) is 6.61 Å². The van der Waals surface area contributed by atoms with Gasteiger partial charge in [-0.3, -0.25) is 4.79 Å². The van der Waals surface area contributed by atoms with Crippen molar-refractivity contribution in [1.82, 2.24) is 0 Å². The molecule has 0 unspecified atom stereocenters. The molecule has 0 heterocycles. The largest absolute Gasteiger partial charge is 0.494 e. The summed E-state index contributed by atoms with van der Waals surface area (Å²) in [6, 6.07) is 6.67. The highest BCUT2D eigenvalue weighted by atomic mass is 35.5. The van der Waals surface area contributed by atoms with Crippen LogP contribution >= 0.6 is 11.6 Å². The number of hydrogen-bond donors (Lipinski definition) is 1. The maximum atomic E-state index is 10.9. The number of rotatable bonds is 4. The van der Waals surface area contributed by atoms with Gasteiger partial charge in [0.2, 0.25) is 0 Å². The minimum Gasteiger partial charge on any atom is -0.494 e. The van der Waals surface area contributed by atoms with Crippen molar-refractivity contribution >= 4 is 23.6 Å². The maximum absolute atomic E-state index is 10.9. The summed E-state index contributed by atoms with van der Waals surface area (Å²) in [4.78, 5) is 10.9. The van der Waals surface area contributed by atoms with Gasteiger partial charge in [-0.25, -0.2) is 0 Å². The summed E-state index contributed by atoms with van der Waals surface area (Å²) in [6.45, 7) is 2.35. The van der Waals surface area contributed by atoms with E-state index in [0.717, 1.165) is 0 Å². The zero-order chi connectivity index (χ0) is 12.8. The standard InChI is InChI=1S/C12H11ClN2O2/c1-2-17-11-5-8(4-10(13)6-11)3-9(7-14)12(15)16/h3-6H,2H2,1H3,(H2,15,16)/b9-3+. The summed E-state index contributed by atoms with van der Waals surface area (Å²) in [5.74, 6) is -0.196. The van der Waals surface area contributed by atoms with Crippen molar-refractivity contribution in [3.05, 3.63) is 34.4 Å². The summed E-state index contributed by atoms with van der Waals surface area (Å²) in [5.41, 5.74) is 5.50. The van der Waals surface area contributed by atoms with Crippen molar-refractivity contribution < 1.29 is 9.53 Å². The van der Waals surface area contributed by atoms with Crippen molar-refractivity contribution in [2.24, 2.45) is 5.73 Å². The molecule has 0 aliphatic heterocycles. The minimum atomic E-state index is -0.773. The quantitative estimate of drug-likeness (QED) is 0.657. The maximum Gasteiger partial charge on any atom is 0.259 e. The number of ether oxygens (including phenoxy) is 1. The summed E-state index contributed by atoms with van der Waals surface area (Å²) in [5, 5.41) is 9.18. The summed E-state index contributed by atoms with van der Waals surface area (Å²) >= 11 is 5.88. The van der Waals surface area contributed by atoms with Gasteiger partial charge in [0.1, 0.15) is 17.4 Å². The molecule has 0 fully saturated rings. The molecule has 1 aromatic carbocycles. The predicted molar refractivity (Wildman–Crippen MR) is 65.4 cm³/mol. The van der Waals surface area contributed by atoms with Gasteiger partial charge in [0, 0.05) is 5.02 Å². The molecule has 1 amide bonds. The fourth-order valence-corrected chi connectivity index (χ4v) is 1.48. The lowest BCUT2D eigenvalue weighted by atomic mass is 10.1. The fourth-order valence-electron chi connectivity index (χ4n) is 1.24. The van der Waals surface area contributed by atoms with Gasteiger partial charge in [-0.2, -0.15) is 5.26 Å². The number of nitrogens with zero attached hydrogens (tertiary/aromatic N) is 1. The average Bonchev–Trinajstić information content (AvgIpc) is 2.25. The Morgan fingerprint density at radius 1 is 1.59 bits per heavy atom. The van der Waals surface area contributed by atoms with Crippen molar-refractivity contribution in [2.45, 2.75) is 6.92 Å². The highest BCUT2D eigenvalue weighted by Crippen LogP contribution is 2.22. The molecule has 0 saturated carbocycles. The van der Waals surface area contributed by atoms with E-state index in [0.29, 0.717) is 22.9 Å². The summed E-state index contributed by atoms with van der Waals surface area (Å²) in [6.07, 6.45) is 1.37. The molecule has 1 rings (SSSR count). The van der Waals surface area contributed by atoms with Gasteiger partial charge in [0.05, 0.1) is 6.61 Å². The van der Waals surface area contributed by atoms with E-state index in [2.05, 4.69) is 0 Å². The molecule has 88 valence electrons. The lowest BCUT2D eigenvalue weighted by Gasteiger charge is -2.05. The van der Waals surface area contributed by atoms with E-state index in [-0.39, 0.29) is 5.57 Å². The van der Waals surface area contributed by atoms with Gasteiger partial charge in [-0.05, 0) is 36.8 Å². The third-order valence-corrected chi connectivity index (χ3v) is 2.12. The smallest absolute Gasteiger partial charge is 0.259 e. The second-order valence-electron chi connectivity index (χ2n) is 3.19. The topological polar surface area (TPSA) is 76.1 Å². The van der Waals surface area contributed by atoms with E-state index in [4.69, 9.17) is 27.3 Å². The third-order valence-electron chi connectivity index (χ3n) is 1.90. The lowest BCUT2D eigenvalue weighted by Crippen LogP contribution is -2.12. The van der Waals surface area contributed by atoms with Gasteiger partial charge in [-0.1, -0.05) is 11.6 Å². The van der Waals surface area contributed by atoms with E-state index in [9.17, 15) is 4.79 Å². The van der Waals surface area contributed by atoms with Crippen LogP contribution in [0.25, 0.3) is 6.08 Å². The highest BCUT2D eigenvalue weighted by molar-refractivity contribution is 6.30. The van der Waals surface area contributed by atoms with Gasteiger partial charge < -0.3 is 10.5 Å². The number of nitrogens with two attached hydrogens (primary N) is 1. The first kappa shape index (κ1) is 13.1. The molecule has 0 aliphatic carbocycles. The monoisotopic (exact) mass is 250 g/mol. The van der Waals surface area contributed by atoms with Crippen LogP contribution in [0.2, 0.25) is 5.02 Å². The molecule has 0 bridgehead atoms. The molecule has 0 radical (unpaired) electrons. The molecule has 4 nitrogen and oxygen atoms in total. The van der Waals surface area contributed by atoms with Crippen LogP contribution < -0.4 is 10.5 Å². The molecule has 0 saturated heterocycles. The van der Waals surface area contributed by atoms with E-state index in [1.165, 1.54) is 6.08 Å². The number of benzene rings is 1. The molecule has 0 atom stereocenters. The van der Waals surface area contributed by atoms with E-state index >= 15 is 0 Å². The predicted octanol–water partition coefficient (Wildman–Crippen LogP) is 2.13. The Labute approximate surface area is 104 Å².